The molecule has 0 atom stereocenters. The Kier molecular flexibility index (Phi) is 5.13. The first-order chi connectivity index (χ1) is 11.7. The number of carbonyl (C=O) groups is 1. The molecule has 3 aromatic rings. The molecule has 0 unspecified atom stereocenters. The van der Waals surface area contributed by atoms with Crippen molar-refractivity contribution < 1.29 is 9.53 Å². The van der Waals surface area contributed by atoms with Gasteiger partial charge in [-0.05, 0) is 23.8 Å². The molecule has 1 N–H and O–H groups in total. The predicted molar refractivity (Wildman–Crippen MR) is 93.3 cm³/mol. The minimum Gasteiger partial charge on any atom is -0.484 e. The highest BCUT2D eigenvalue weighted by molar-refractivity contribution is 6.31. The third-order valence-electron chi connectivity index (χ3n) is 3.38. The van der Waals surface area contributed by atoms with Crippen LogP contribution in [-0.2, 0) is 11.3 Å². The quantitative estimate of drug-likeness (QED) is 0.745. The third-order valence-corrected chi connectivity index (χ3v) is 3.74. The van der Waals surface area contributed by atoms with Crippen LogP contribution in [0.3, 0.4) is 0 Å². The number of hydrogen-bond acceptors (Lipinski definition) is 3. The van der Waals surface area contributed by atoms with Gasteiger partial charge in [0, 0.05) is 11.1 Å². The van der Waals surface area contributed by atoms with Crippen molar-refractivity contribution in [2.75, 3.05) is 11.9 Å². The number of amides is 1. The molecule has 1 aromatic heterocycles. The molecule has 0 spiro atoms. The summed E-state index contributed by atoms with van der Waals surface area (Å²) in [6.07, 6.45) is 1.63. The van der Waals surface area contributed by atoms with Crippen molar-refractivity contribution in [2.45, 2.75) is 6.54 Å². The number of anilines is 1. The number of aromatic nitrogens is 2. The Morgan fingerprint density at radius 1 is 1.08 bits per heavy atom. The summed E-state index contributed by atoms with van der Waals surface area (Å²) in [6.45, 7) is 0.406. The first kappa shape index (κ1) is 16.1. The molecular weight excluding hydrogens is 326 g/mol. The minimum atomic E-state index is -0.250. The minimum absolute atomic E-state index is 0.0682. The molecule has 0 saturated carbocycles. The van der Waals surface area contributed by atoms with E-state index >= 15 is 0 Å². The molecule has 2 aromatic carbocycles. The summed E-state index contributed by atoms with van der Waals surface area (Å²) in [5, 5.41) is 7.68. The molecule has 0 radical (unpaired) electrons. The van der Waals surface area contributed by atoms with E-state index in [-0.39, 0.29) is 12.5 Å². The van der Waals surface area contributed by atoms with Crippen LogP contribution in [0.4, 0.5) is 5.82 Å². The van der Waals surface area contributed by atoms with E-state index in [1.807, 2.05) is 42.5 Å². The fourth-order valence-corrected chi connectivity index (χ4v) is 2.39. The Hall–Kier alpha value is -2.79. The summed E-state index contributed by atoms with van der Waals surface area (Å²) in [6, 6.07) is 18.5. The van der Waals surface area contributed by atoms with Gasteiger partial charge in [-0.15, -0.1) is 0 Å². The van der Waals surface area contributed by atoms with Gasteiger partial charge < -0.3 is 10.1 Å². The van der Waals surface area contributed by atoms with Crippen LogP contribution in [0, 0.1) is 0 Å². The maximum Gasteiger partial charge on any atom is 0.263 e. The van der Waals surface area contributed by atoms with E-state index in [4.69, 9.17) is 16.3 Å². The number of carbonyl (C=O) groups excluding carboxylic acids is 1. The number of benzene rings is 2. The Labute approximate surface area is 144 Å². The maximum atomic E-state index is 12.1. The van der Waals surface area contributed by atoms with Gasteiger partial charge in [0.1, 0.15) is 11.6 Å². The number of nitrogens with one attached hydrogen (secondary N) is 1. The van der Waals surface area contributed by atoms with Crippen molar-refractivity contribution in [3.05, 3.63) is 77.4 Å². The van der Waals surface area contributed by atoms with Gasteiger partial charge in [0.15, 0.2) is 6.61 Å². The van der Waals surface area contributed by atoms with Crippen molar-refractivity contribution in [2.24, 2.45) is 0 Å². The monoisotopic (exact) mass is 341 g/mol. The van der Waals surface area contributed by atoms with E-state index in [2.05, 4.69) is 10.4 Å². The SMILES string of the molecule is O=C(COc1ccccc1)Nc1ccnn1Cc1ccccc1Cl. The van der Waals surface area contributed by atoms with E-state index in [1.165, 1.54) is 0 Å². The van der Waals surface area contributed by atoms with Crippen LogP contribution in [-0.4, -0.2) is 22.3 Å². The van der Waals surface area contributed by atoms with Crippen LogP contribution in [0.25, 0.3) is 0 Å². The van der Waals surface area contributed by atoms with Crippen LogP contribution in [0.2, 0.25) is 5.02 Å². The summed E-state index contributed by atoms with van der Waals surface area (Å²) in [5.41, 5.74) is 0.930. The molecule has 3 rings (SSSR count). The molecule has 5 nitrogen and oxygen atoms in total. The van der Waals surface area contributed by atoms with Gasteiger partial charge in [0.05, 0.1) is 12.7 Å². The summed E-state index contributed by atoms with van der Waals surface area (Å²) < 4.78 is 7.11. The average Bonchev–Trinajstić information content (AvgIpc) is 3.03. The summed E-state index contributed by atoms with van der Waals surface area (Å²) >= 11 is 6.17. The molecular formula is C18H16ClN3O2. The van der Waals surface area contributed by atoms with Crippen LogP contribution in [0.15, 0.2) is 66.9 Å². The lowest BCUT2D eigenvalue weighted by Gasteiger charge is -2.10. The molecule has 24 heavy (non-hydrogen) atoms. The highest BCUT2D eigenvalue weighted by atomic mass is 35.5. The Bertz CT molecular complexity index is 818. The van der Waals surface area contributed by atoms with Crippen molar-refractivity contribution in [3.63, 3.8) is 0 Å². The number of para-hydroxylation sites is 1. The number of hydrogen-bond donors (Lipinski definition) is 1. The Morgan fingerprint density at radius 3 is 2.62 bits per heavy atom. The van der Waals surface area contributed by atoms with E-state index in [0.29, 0.717) is 23.1 Å². The topological polar surface area (TPSA) is 56.1 Å². The predicted octanol–water partition coefficient (Wildman–Crippen LogP) is 3.60. The van der Waals surface area contributed by atoms with Gasteiger partial charge in [-0.25, -0.2) is 4.68 Å². The summed E-state index contributed by atoms with van der Waals surface area (Å²) in [7, 11) is 0. The maximum absolute atomic E-state index is 12.1. The summed E-state index contributed by atoms with van der Waals surface area (Å²) in [4.78, 5) is 12.1. The average molecular weight is 342 g/mol. The van der Waals surface area contributed by atoms with E-state index < -0.39 is 0 Å². The van der Waals surface area contributed by atoms with Gasteiger partial charge in [-0.3, -0.25) is 4.79 Å². The third kappa shape index (κ3) is 4.14. The lowest BCUT2D eigenvalue weighted by atomic mass is 10.2. The standard InChI is InChI=1S/C18H16ClN3O2/c19-16-9-5-4-6-14(16)12-22-17(10-11-20-22)21-18(23)13-24-15-7-2-1-3-8-15/h1-11H,12-13H2,(H,21,23). The molecule has 0 aliphatic rings. The molecule has 1 amide bonds. The zero-order valence-corrected chi connectivity index (χ0v) is 13.6. The van der Waals surface area contributed by atoms with Gasteiger partial charge in [-0.2, -0.15) is 5.10 Å². The lowest BCUT2D eigenvalue weighted by Crippen LogP contribution is -2.22. The van der Waals surface area contributed by atoms with Gasteiger partial charge in [0.25, 0.3) is 5.91 Å². The number of rotatable bonds is 6. The molecule has 1 heterocycles. The second kappa shape index (κ2) is 7.66. The van der Waals surface area contributed by atoms with Crippen molar-refractivity contribution in [3.8, 4) is 5.75 Å². The lowest BCUT2D eigenvalue weighted by molar-refractivity contribution is -0.118. The smallest absolute Gasteiger partial charge is 0.263 e. The zero-order chi connectivity index (χ0) is 16.8. The van der Waals surface area contributed by atoms with Gasteiger partial charge in [0.2, 0.25) is 0 Å². The fourth-order valence-electron chi connectivity index (χ4n) is 2.20. The Balaban J connectivity index is 1.61. The molecule has 0 aliphatic heterocycles. The van der Waals surface area contributed by atoms with Crippen LogP contribution < -0.4 is 10.1 Å². The fraction of sp³-hybridized carbons (Fsp3) is 0.111. The molecule has 122 valence electrons. The van der Waals surface area contributed by atoms with Gasteiger partial charge >= 0.3 is 0 Å². The van der Waals surface area contributed by atoms with Crippen molar-refractivity contribution in [1.82, 2.24) is 9.78 Å². The molecule has 0 fully saturated rings. The van der Waals surface area contributed by atoms with Gasteiger partial charge in [-0.1, -0.05) is 48.0 Å². The van der Waals surface area contributed by atoms with Crippen LogP contribution in [0.5, 0.6) is 5.75 Å². The molecule has 6 heteroatoms. The van der Waals surface area contributed by atoms with Crippen LogP contribution >= 0.6 is 11.6 Å². The molecule has 0 aliphatic carbocycles. The van der Waals surface area contributed by atoms with Crippen molar-refractivity contribution >= 4 is 23.3 Å². The number of ether oxygens (including phenoxy) is 1. The first-order valence-electron chi connectivity index (χ1n) is 7.45. The second-order valence-corrected chi connectivity index (χ2v) is 5.52. The van der Waals surface area contributed by atoms with E-state index in [0.717, 1.165) is 5.56 Å². The Morgan fingerprint density at radius 2 is 1.83 bits per heavy atom. The van der Waals surface area contributed by atoms with E-state index in [1.54, 1.807) is 29.1 Å². The number of nitrogens with zero attached hydrogens (tertiary/aromatic N) is 2. The second-order valence-electron chi connectivity index (χ2n) is 5.12. The highest BCUT2D eigenvalue weighted by Gasteiger charge is 2.09. The number of halogens is 1. The largest absolute Gasteiger partial charge is 0.484 e. The first-order valence-corrected chi connectivity index (χ1v) is 7.83. The zero-order valence-electron chi connectivity index (χ0n) is 12.9. The van der Waals surface area contributed by atoms with E-state index in [9.17, 15) is 4.79 Å². The molecule has 0 saturated heterocycles. The normalized spacial score (nSPS) is 10.4. The summed E-state index contributed by atoms with van der Waals surface area (Å²) in [5.74, 6) is 0.994. The molecule has 0 bridgehead atoms. The van der Waals surface area contributed by atoms with Crippen LogP contribution in [0.1, 0.15) is 5.56 Å². The highest BCUT2D eigenvalue weighted by Crippen LogP contribution is 2.18. The van der Waals surface area contributed by atoms with Crippen molar-refractivity contribution in [1.29, 1.82) is 0 Å².